The van der Waals surface area contributed by atoms with E-state index in [4.69, 9.17) is 28.9 Å². The van der Waals surface area contributed by atoms with Gasteiger partial charge in [0.2, 0.25) is 0 Å². The molecule has 2 amide bonds. The van der Waals surface area contributed by atoms with Crippen LogP contribution in [0.1, 0.15) is 102 Å². The molecule has 0 saturated carbocycles. The van der Waals surface area contributed by atoms with Gasteiger partial charge in [0.15, 0.2) is 0 Å². The van der Waals surface area contributed by atoms with Crippen LogP contribution >= 0.6 is 0 Å². The number of hydrogen-bond acceptors (Lipinski definition) is 8. The number of fused-ring (bicyclic) bond motifs is 1. The number of benzene rings is 2. The van der Waals surface area contributed by atoms with Crippen molar-refractivity contribution in [2.75, 3.05) is 26.3 Å². The Labute approximate surface area is 372 Å². The molecule has 2 fully saturated rings. The molecule has 0 unspecified atom stereocenters. The lowest BCUT2D eigenvalue weighted by Gasteiger charge is -2.29. The second-order valence-corrected chi connectivity index (χ2v) is 32.6. The number of nitrogens with zero attached hydrogens (tertiary/aromatic N) is 6. The number of aromatic nitrogens is 4. The number of amides is 2. The van der Waals surface area contributed by atoms with Crippen LogP contribution in [0.25, 0.3) is 34.4 Å². The lowest BCUT2D eigenvalue weighted by molar-refractivity contribution is 0.0195. The lowest BCUT2D eigenvalue weighted by atomic mass is 10.1. The molecule has 0 spiro atoms. The third-order valence-electron chi connectivity index (χ3n) is 11.2. The van der Waals surface area contributed by atoms with Crippen molar-refractivity contribution in [2.24, 2.45) is 0 Å². The number of imidazole rings is 2. The fourth-order valence-corrected chi connectivity index (χ4v) is 9.36. The molecule has 0 N–H and O–H groups in total. The van der Waals surface area contributed by atoms with Gasteiger partial charge in [-0.15, -0.1) is 0 Å². The second kappa shape index (κ2) is 19.2. The molecule has 62 heavy (non-hydrogen) atoms. The number of hydrogen-bond donors (Lipinski definition) is 0. The molecule has 2 aromatic carbocycles. The maximum absolute atomic E-state index is 13.3. The average molecular weight is 885 g/mol. The summed E-state index contributed by atoms with van der Waals surface area (Å²) >= 11 is 0. The van der Waals surface area contributed by atoms with E-state index >= 15 is 0 Å². The molecule has 4 heterocycles. The largest absolute Gasteiger partial charge is 0.444 e. The number of carbonyl (C=O) groups excluding carboxylic acids is 2. The van der Waals surface area contributed by atoms with Crippen molar-refractivity contribution in [1.29, 1.82) is 0 Å². The van der Waals surface area contributed by atoms with E-state index in [2.05, 4.69) is 103 Å². The second-order valence-electron chi connectivity index (χ2n) is 21.4. The molecular formula is C48H72N6O6Si2. The summed E-state index contributed by atoms with van der Waals surface area (Å²) in [5, 5.41) is 0. The van der Waals surface area contributed by atoms with Crippen molar-refractivity contribution < 1.29 is 28.5 Å². The minimum absolute atomic E-state index is 0.190. The van der Waals surface area contributed by atoms with E-state index in [1.54, 1.807) is 0 Å². The molecule has 338 valence electrons. The van der Waals surface area contributed by atoms with E-state index in [1.807, 2.05) is 57.5 Å². The van der Waals surface area contributed by atoms with Crippen LogP contribution in [0.2, 0.25) is 51.4 Å². The van der Waals surface area contributed by atoms with Gasteiger partial charge >= 0.3 is 12.2 Å². The summed E-state index contributed by atoms with van der Waals surface area (Å²) in [7, 11) is -2.57. The maximum atomic E-state index is 13.3. The van der Waals surface area contributed by atoms with Crippen LogP contribution < -0.4 is 0 Å². The van der Waals surface area contributed by atoms with Crippen molar-refractivity contribution in [3.63, 3.8) is 0 Å². The number of likely N-dealkylation sites (tertiary alicyclic amines) is 2. The van der Waals surface area contributed by atoms with E-state index in [0.29, 0.717) is 39.8 Å². The minimum Gasteiger partial charge on any atom is -0.444 e. The zero-order valence-electron chi connectivity index (χ0n) is 39.5. The molecule has 2 aliphatic rings. The highest BCUT2D eigenvalue weighted by molar-refractivity contribution is 6.76. The first-order chi connectivity index (χ1) is 29.1. The first kappa shape index (κ1) is 47.2. The van der Waals surface area contributed by atoms with Gasteiger partial charge in [0.05, 0.1) is 35.0 Å². The van der Waals surface area contributed by atoms with Crippen LogP contribution in [0.4, 0.5) is 9.59 Å². The zero-order chi connectivity index (χ0) is 45.0. The molecule has 0 aliphatic carbocycles. The average Bonchev–Trinajstić information content (AvgIpc) is 3.98. The molecule has 4 aromatic rings. The summed E-state index contributed by atoms with van der Waals surface area (Å²) < 4.78 is 28.6. The van der Waals surface area contributed by atoms with E-state index < -0.39 is 27.3 Å². The van der Waals surface area contributed by atoms with E-state index in [9.17, 15) is 9.59 Å². The Kier molecular flexibility index (Phi) is 14.7. The predicted octanol–water partition coefficient (Wildman–Crippen LogP) is 11.8. The van der Waals surface area contributed by atoms with Crippen LogP contribution in [0.15, 0.2) is 48.7 Å². The Morgan fingerprint density at radius 2 is 1.19 bits per heavy atom. The van der Waals surface area contributed by atoms with Crippen molar-refractivity contribution in [3.05, 3.63) is 71.4 Å². The highest BCUT2D eigenvalue weighted by atomic mass is 28.3. The van der Waals surface area contributed by atoms with Gasteiger partial charge in [-0.1, -0.05) is 81.8 Å². The molecule has 0 bridgehead atoms. The highest BCUT2D eigenvalue weighted by Crippen LogP contribution is 2.37. The minimum atomic E-state index is -1.28. The molecular weight excluding hydrogens is 813 g/mol. The first-order valence-corrected chi connectivity index (χ1v) is 30.0. The van der Waals surface area contributed by atoms with Crippen LogP contribution in [-0.4, -0.2) is 94.7 Å². The fraction of sp³-hybridized carbons (Fsp3) is 0.583. The Balaban J connectivity index is 1.25. The van der Waals surface area contributed by atoms with Gasteiger partial charge < -0.3 is 28.1 Å². The van der Waals surface area contributed by atoms with E-state index in [-0.39, 0.29) is 24.3 Å². The van der Waals surface area contributed by atoms with Gasteiger partial charge in [-0.05, 0) is 108 Å². The summed E-state index contributed by atoms with van der Waals surface area (Å²) in [6.45, 7) is 28.9. The fourth-order valence-electron chi connectivity index (χ4n) is 7.85. The van der Waals surface area contributed by atoms with Crippen molar-refractivity contribution in [3.8, 4) is 11.3 Å². The molecule has 2 aliphatic heterocycles. The smallest absolute Gasteiger partial charge is 0.410 e. The summed E-state index contributed by atoms with van der Waals surface area (Å²) in [5.74, 6) is 1.66. The summed E-state index contributed by atoms with van der Waals surface area (Å²) in [6, 6.07) is 16.6. The van der Waals surface area contributed by atoms with Crippen LogP contribution in [0.5, 0.6) is 0 Å². The van der Waals surface area contributed by atoms with Crippen LogP contribution in [-0.2, 0) is 32.4 Å². The summed E-state index contributed by atoms with van der Waals surface area (Å²) in [5.41, 5.74) is 4.76. The van der Waals surface area contributed by atoms with E-state index in [0.717, 1.165) is 82.8 Å². The SMILES string of the molecule is CC(C)(C)OC(=O)N1CCC[C@H]1c1ncc(-c2ccc(/C=C/c3ccc4nc([C@@H]5CCCN5C(=O)OC(C)(C)C)n(COCC[Si](C)(C)C)c4c3)cc2)n1COCC[Si](C)(C)C. The quantitative estimate of drug-likeness (QED) is 0.0659. The van der Waals surface area contributed by atoms with Gasteiger partial charge in [0.1, 0.15) is 36.3 Å². The molecule has 14 heteroatoms. The van der Waals surface area contributed by atoms with Crippen molar-refractivity contribution in [2.45, 2.75) is 155 Å². The van der Waals surface area contributed by atoms with Crippen molar-refractivity contribution in [1.82, 2.24) is 28.9 Å². The normalized spacial score (nSPS) is 17.8. The first-order valence-electron chi connectivity index (χ1n) is 22.5. The molecule has 6 rings (SSSR count). The van der Waals surface area contributed by atoms with Gasteiger partial charge in [-0.2, -0.15) is 0 Å². The Hall–Kier alpha value is -4.25. The van der Waals surface area contributed by atoms with Crippen LogP contribution in [0, 0.1) is 0 Å². The molecule has 0 radical (unpaired) electrons. The summed E-state index contributed by atoms with van der Waals surface area (Å²) in [6.07, 6.45) is 8.96. The molecule has 2 aromatic heterocycles. The molecule has 2 saturated heterocycles. The topological polar surface area (TPSA) is 113 Å². The Morgan fingerprint density at radius 1 is 0.694 bits per heavy atom. The third-order valence-corrected chi connectivity index (χ3v) is 14.6. The molecule has 12 nitrogen and oxygen atoms in total. The number of carbonyl (C=O) groups is 2. The maximum Gasteiger partial charge on any atom is 0.410 e. The van der Waals surface area contributed by atoms with Crippen LogP contribution in [0.3, 0.4) is 0 Å². The number of rotatable bonds is 15. The van der Waals surface area contributed by atoms with Gasteiger partial charge in [-0.25, -0.2) is 19.6 Å². The standard InChI is InChI=1S/C48H72N6O6Si2/c1-47(2,3)59-45(55)51-25-13-15-39(51)43-49-32-42(54(43)34-58-28-30-62(10,11)12)37-22-19-35(20-23-37)17-18-36-21-24-38-41(31-36)53(33-57-27-29-61(7,8)9)44(50-38)40-16-14-26-52(40)46(56)60-48(4,5)6/h17-24,31-32,39-40H,13-16,25-30,33-34H2,1-12H3/b18-17+/t39-,40-/m0/s1. The zero-order valence-corrected chi connectivity index (χ0v) is 41.5. The third kappa shape index (κ3) is 12.7. The Morgan fingerprint density at radius 3 is 1.73 bits per heavy atom. The lowest BCUT2D eigenvalue weighted by Crippen LogP contribution is -2.37. The van der Waals surface area contributed by atoms with Gasteiger partial charge in [-0.3, -0.25) is 9.80 Å². The highest BCUT2D eigenvalue weighted by Gasteiger charge is 2.38. The number of ether oxygens (including phenoxy) is 4. The summed E-state index contributed by atoms with van der Waals surface area (Å²) in [4.78, 5) is 40.4. The van der Waals surface area contributed by atoms with E-state index in [1.165, 1.54) is 0 Å². The van der Waals surface area contributed by atoms with Gasteiger partial charge in [0, 0.05) is 42.5 Å². The predicted molar refractivity (Wildman–Crippen MR) is 254 cm³/mol. The Bertz CT molecular complexity index is 2190. The monoisotopic (exact) mass is 885 g/mol. The molecule has 2 atom stereocenters. The van der Waals surface area contributed by atoms with Gasteiger partial charge in [0.25, 0.3) is 0 Å². The van der Waals surface area contributed by atoms with Crippen molar-refractivity contribution >= 4 is 51.5 Å².